The molecule has 1 fully saturated rings. The molecule has 0 bridgehead atoms. The molecule has 0 N–H and O–H groups in total. The van der Waals surface area contributed by atoms with Gasteiger partial charge in [0, 0.05) is 5.75 Å². The highest BCUT2D eigenvalue weighted by molar-refractivity contribution is 8.17. The van der Waals surface area contributed by atoms with Crippen molar-refractivity contribution in [3.05, 3.63) is 0 Å². The molecule has 0 aliphatic carbocycles. The topological polar surface area (TPSA) is 0 Å². The molecular weight excluding hydrogens is 192 g/mol. The summed E-state index contributed by atoms with van der Waals surface area (Å²) in [6, 6.07) is 0. The van der Waals surface area contributed by atoms with Crippen molar-refractivity contribution in [1.82, 2.24) is 0 Å². The normalized spacial score (nSPS) is 19.4. The van der Waals surface area contributed by atoms with Crippen molar-refractivity contribution in [2.24, 2.45) is 0 Å². The van der Waals surface area contributed by atoms with Crippen molar-refractivity contribution < 1.29 is 0 Å². The fourth-order valence-corrected chi connectivity index (χ4v) is 3.86. The van der Waals surface area contributed by atoms with E-state index in [0.29, 0.717) is 0 Å². The van der Waals surface area contributed by atoms with Crippen molar-refractivity contribution in [2.45, 2.75) is 32.3 Å². The van der Waals surface area contributed by atoms with Gasteiger partial charge >= 0.3 is 0 Å². The van der Waals surface area contributed by atoms with Gasteiger partial charge < -0.3 is 0 Å². The predicted octanol–water partition coefficient (Wildman–Crippen LogP) is 3.77. The Morgan fingerprint density at radius 1 is 1.09 bits per heavy atom. The number of thiol groups is 1. The summed E-state index contributed by atoms with van der Waals surface area (Å²) in [4.78, 5) is 0. The fourth-order valence-electron chi connectivity index (χ4n) is 0.787. The molecule has 0 aromatic heterocycles. The van der Waals surface area contributed by atoms with Crippen molar-refractivity contribution in [3.8, 4) is 0 Å². The second-order valence-electron chi connectivity index (χ2n) is 2.06. The van der Waals surface area contributed by atoms with E-state index in [1.54, 1.807) is 0 Å². The third kappa shape index (κ3) is 6.23. The van der Waals surface area contributed by atoms with Crippen LogP contribution >= 0.6 is 36.2 Å². The first-order valence-electron chi connectivity index (χ1n) is 3.27. The standard InChI is InChI=1S/C6H12S3.2CH4/c7-5-6-8-3-1-2-4-9-6;;/h6-7H,1-5H2;2*1H4. The summed E-state index contributed by atoms with van der Waals surface area (Å²) in [6.07, 6.45) is 2.81. The molecule has 0 atom stereocenters. The third-order valence-electron chi connectivity index (χ3n) is 1.30. The number of thioether (sulfide) groups is 2. The van der Waals surface area contributed by atoms with Crippen molar-refractivity contribution in [3.63, 3.8) is 0 Å². The van der Waals surface area contributed by atoms with Crippen LogP contribution in [0.3, 0.4) is 0 Å². The molecular formula is C8H20S3. The number of hydrogen-bond donors (Lipinski definition) is 1. The molecule has 1 heterocycles. The molecule has 0 saturated carbocycles. The molecule has 0 radical (unpaired) electrons. The lowest BCUT2D eigenvalue weighted by Crippen LogP contribution is -1.97. The molecule has 0 unspecified atom stereocenters. The Morgan fingerprint density at radius 3 is 1.91 bits per heavy atom. The summed E-state index contributed by atoms with van der Waals surface area (Å²) < 4.78 is 0.774. The van der Waals surface area contributed by atoms with Crippen LogP contribution in [0.25, 0.3) is 0 Å². The van der Waals surface area contributed by atoms with Gasteiger partial charge in [-0.25, -0.2) is 0 Å². The first kappa shape index (κ1) is 14.6. The zero-order valence-electron chi connectivity index (χ0n) is 5.38. The molecule has 1 rings (SSSR count). The summed E-state index contributed by atoms with van der Waals surface area (Å²) in [5.41, 5.74) is 0. The van der Waals surface area contributed by atoms with Crippen molar-refractivity contribution in [2.75, 3.05) is 17.3 Å². The van der Waals surface area contributed by atoms with Crippen LogP contribution in [0.2, 0.25) is 0 Å². The minimum Gasteiger partial charge on any atom is -0.177 e. The second-order valence-corrected chi connectivity index (χ2v) is 5.35. The van der Waals surface area contributed by atoms with Gasteiger partial charge in [0.2, 0.25) is 0 Å². The third-order valence-corrected chi connectivity index (χ3v) is 5.10. The van der Waals surface area contributed by atoms with Crippen LogP contribution < -0.4 is 0 Å². The molecule has 0 amide bonds. The van der Waals surface area contributed by atoms with E-state index in [1.807, 2.05) is 0 Å². The number of hydrogen-bond acceptors (Lipinski definition) is 3. The van der Waals surface area contributed by atoms with Crippen LogP contribution in [0.4, 0.5) is 0 Å². The monoisotopic (exact) mass is 212 g/mol. The van der Waals surface area contributed by atoms with E-state index in [4.69, 9.17) is 0 Å². The van der Waals surface area contributed by atoms with Crippen molar-refractivity contribution in [1.29, 1.82) is 0 Å². The predicted molar refractivity (Wildman–Crippen MR) is 65.3 cm³/mol. The Bertz CT molecular complexity index is 67.7. The van der Waals surface area contributed by atoms with Gasteiger partial charge in [-0.1, -0.05) is 14.9 Å². The molecule has 0 aromatic carbocycles. The van der Waals surface area contributed by atoms with Crippen LogP contribution in [0.15, 0.2) is 0 Å². The highest BCUT2D eigenvalue weighted by atomic mass is 32.2. The zero-order chi connectivity index (χ0) is 6.53. The van der Waals surface area contributed by atoms with Gasteiger partial charge in [-0.15, -0.1) is 23.5 Å². The van der Waals surface area contributed by atoms with Crippen LogP contribution in [0.5, 0.6) is 0 Å². The van der Waals surface area contributed by atoms with E-state index in [0.717, 1.165) is 10.3 Å². The minimum absolute atomic E-state index is 0. The van der Waals surface area contributed by atoms with E-state index in [-0.39, 0.29) is 14.9 Å². The Hall–Kier alpha value is 1.05. The van der Waals surface area contributed by atoms with Gasteiger partial charge in [-0.2, -0.15) is 12.6 Å². The molecule has 11 heavy (non-hydrogen) atoms. The quantitative estimate of drug-likeness (QED) is 0.657. The van der Waals surface area contributed by atoms with Gasteiger partial charge in [0.1, 0.15) is 0 Å². The second kappa shape index (κ2) is 9.14. The largest absolute Gasteiger partial charge is 0.177 e. The smallest absolute Gasteiger partial charge is 0.0590 e. The Kier molecular flexibility index (Phi) is 12.1. The van der Waals surface area contributed by atoms with Crippen LogP contribution in [0, 0.1) is 0 Å². The maximum absolute atomic E-state index is 4.27. The average Bonchev–Trinajstić information content (AvgIpc) is 2.13. The van der Waals surface area contributed by atoms with Crippen molar-refractivity contribution >= 4 is 36.2 Å². The zero-order valence-corrected chi connectivity index (χ0v) is 7.90. The highest BCUT2D eigenvalue weighted by Crippen LogP contribution is 2.29. The lowest BCUT2D eigenvalue weighted by atomic mass is 10.4. The highest BCUT2D eigenvalue weighted by Gasteiger charge is 2.09. The van der Waals surface area contributed by atoms with Crippen LogP contribution in [-0.4, -0.2) is 21.8 Å². The van der Waals surface area contributed by atoms with Crippen LogP contribution in [0.1, 0.15) is 27.7 Å². The first-order valence-corrected chi connectivity index (χ1v) is 6.00. The van der Waals surface area contributed by atoms with Gasteiger partial charge in [0.25, 0.3) is 0 Å². The van der Waals surface area contributed by atoms with E-state index in [2.05, 4.69) is 36.2 Å². The van der Waals surface area contributed by atoms with E-state index >= 15 is 0 Å². The molecule has 0 nitrogen and oxygen atoms in total. The summed E-state index contributed by atoms with van der Waals surface area (Å²) in [5, 5.41) is 0. The maximum atomic E-state index is 4.27. The lowest BCUT2D eigenvalue weighted by Gasteiger charge is -2.07. The molecule has 0 aromatic rings. The van der Waals surface area contributed by atoms with E-state index < -0.39 is 0 Å². The van der Waals surface area contributed by atoms with Gasteiger partial charge in [-0.05, 0) is 24.3 Å². The lowest BCUT2D eigenvalue weighted by molar-refractivity contribution is 0.912. The molecule has 0 spiro atoms. The molecule has 70 valence electrons. The first-order chi connectivity index (χ1) is 4.43. The summed E-state index contributed by atoms with van der Waals surface area (Å²) in [6.45, 7) is 0. The number of rotatable bonds is 1. The maximum Gasteiger partial charge on any atom is 0.0590 e. The van der Waals surface area contributed by atoms with Gasteiger partial charge in [0.15, 0.2) is 0 Å². The molecule has 1 saturated heterocycles. The van der Waals surface area contributed by atoms with E-state index in [1.165, 1.54) is 24.3 Å². The van der Waals surface area contributed by atoms with Crippen LogP contribution in [-0.2, 0) is 0 Å². The molecule has 1 aliphatic heterocycles. The molecule has 1 aliphatic rings. The van der Waals surface area contributed by atoms with Gasteiger partial charge in [-0.3, -0.25) is 0 Å². The molecule has 3 heteroatoms. The van der Waals surface area contributed by atoms with E-state index in [9.17, 15) is 0 Å². The Labute approximate surface area is 85.7 Å². The Balaban J connectivity index is 0. The summed E-state index contributed by atoms with van der Waals surface area (Å²) in [7, 11) is 0. The Morgan fingerprint density at radius 2 is 1.55 bits per heavy atom. The SMILES string of the molecule is C.C.SCC1SCCCCS1. The summed E-state index contributed by atoms with van der Waals surface area (Å²) in [5.74, 6) is 3.73. The van der Waals surface area contributed by atoms with Gasteiger partial charge in [0.05, 0.1) is 4.58 Å². The minimum atomic E-state index is 0. The summed E-state index contributed by atoms with van der Waals surface area (Å²) >= 11 is 8.41. The average molecular weight is 212 g/mol. The fraction of sp³-hybridized carbons (Fsp3) is 1.00.